The van der Waals surface area contributed by atoms with E-state index in [0.29, 0.717) is 0 Å². The van der Waals surface area contributed by atoms with Gasteiger partial charge in [0, 0.05) is 42.2 Å². The van der Waals surface area contributed by atoms with Crippen LogP contribution in [-0.2, 0) is 10.8 Å². The second kappa shape index (κ2) is 12.4. The molecule has 1 aromatic heterocycles. The van der Waals surface area contributed by atoms with Gasteiger partial charge in [0.15, 0.2) is 0 Å². The van der Waals surface area contributed by atoms with Crippen LogP contribution in [0.5, 0.6) is 0 Å². The van der Waals surface area contributed by atoms with Gasteiger partial charge >= 0.3 is 0 Å². The molecule has 0 aliphatic heterocycles. The van der Waals surface area contributed by atoms with Crippen LogP contribution in [0.2, 0.25) is 0 Å². The molecule has 0 bridgehead atoms. The second-order valence-electron chi connectivity index (χ2n) is 17.3. The van der Waals surface area contributed by atoms with E-state index in [2.05, 4.69) is 209 Å². The summed E-state index contributed by atoms with van der Waals surface area (Å²) in [6.45, 7) is 11.8. The molecule has 9 aromatic carbocycles. The summed E-state index contributed by atoms with van der Waals surface area (Å²) < 4.78 is 2.62. The summed E-state index contributed by atoms with van der Waals surface area (Å²) in [5.74, 6) is 0. The van der Waals surface area contributed by atoms with E-state index in [1.165, 1.54) is 103 Å². The maximum atomic E-state index is 2.57. The molecule has 2 heteroatoms. The van der Waals surface area contributed by atoms with Gasteiger partial charge in [-0.05, 0) is 102 Å². The van der Waals surface area contributed by atoms with Crippen molar-refractivity contribution >= 4 is 80.9 Å². The lowest BCUT2D eigenvalue weighted by Gasteiger charge is -2.32. The quantitative estimate of drug-likeness (QED) is 0.173. The molecule has 0 unspecified atom stereocenters. The van der Waals surface area contributed by atoms with Crippen LogP contribution in [0.1, 0.15) is 51.3 Å². The first-order valence-electron chi connectivity index (χ1n) is 20.1. The van der Waals surface area contributed by atoms with E-state index in [1.54, 1.807) is 0 Å². The van der Waals surface area contributed by atoms with E-state index in [1.807, 2.05) is 11.3 Å². The van der Waals surface area contributed by atoms with Gasteiger partial charge < -0.3 is 4.90 Å². The molecule has 1 heterocycles. The second-order valence-corrected chi connectivity index (χ2v) is 18.4. The molecule has 0 amide bonds. The number of nitrogens with zero attached hydrogens (tertiary/aromatic N) is 1. The summed E-state index contributed by atoms with van der Waals surface area (Å²) in [5, 5.41) is 10.3. The molecule has 0 spiro atoms. The van der Waals surface area contributed by atoms with E-state index < -0.39 is 0 Å². The van der Waals surface area contributed by atoms with Crippen LogP contribution in [0.4, 0.5) is 17.1 Å². The first-order chi connectivity index (χ1) is 27.7. The molecule has 0 fully saturated rings. The van der Waals surface area contributed by atoms with E-state index in [0.717, 1.165) is 5.69 Å². The Hall–Kier alpha value is -6.22. The molecule has 1 aliphatic carbocycles. The third kappa shape index (κ3) is 5.07. The number of thiophene rings is 1. The average molecular weight is 750 g/mol. The Labute approximate surface area is 338 Å². The van der Waals surface area contributed by atoms with E-state index in [4.69, 9.17) is 0 Å². The van der Waals surface area contributed by atoms with Crippen molar-refractivity contribution in [3.05, 3.63) is 187 Å². The van der Waals surface area contributed by atoms with Crippen LogP contribution >= 0.6 is 11.3 Å². The lowest BCUT2D eigenvalue weighted by Crippen LogP contribution is -2.17. The van der Waals surface area contributed by atoms with Crippen molar-refractivity contribution < 1.29 is 0 Å². The van der Waals surface area contributed by atoms with Crippen molar-refractivity contribution in [2.75, 3.05) is 4.90 Å². The Bertz CT molecular complexity index is 3260. The summed E-state index contributed by atoms with van der Waals surface area (Å²) in [5.41, 5.74) is 12.6. The first kappa shape index (κ1) is 34.1. The van der Waals surface area contributed by atoms with Gasteiger partial charge in [0.25, 0.3) is 0 Å². The van der Waals surface area contributed by atoms with Crippen LogP contribution in [0.25, 0.3) is 74.7 Å². The number of hydrogen-bond donors (Lipinski definition) is 0. The van der Waals surface area contributed by atoms with Crippen molar-refractivity contribution in [1.82, 2.24) is 0 Å². The summed E-state index contributed by atoms with van der Waals surface area (Å²) in [6.07, 6.45) is 0. The van der Waals surface area contributed by atoms with Crippen LogP contribution in [0.15, 0.2) is 170 Å². The molecule has 0 N–H and O–H groups in total. The van der Waals surface area contributed by atoms with E-state index >= 15 is 0 Å². The number of hydrogen-bond acceptors (Lipinski definition) is 2. The predicted octanol–water partition coefficient (Wildman–Crippen LogP) is 16.3. The number of fused-ring (bicyclic) bond motifs is 10. The summed E-state index contributed by atoms with van der Waals surface area (Å²) in [6, 6.07) is 63.9. The Balaban J connectivity index is 1.26. The minimum Gasteiger partial charge on any atom is -0.309 e. The molecule has 0 radical (unpaired) electrons. The maximum Gasteiger partial charge on any atom is 0.0546 e. The Kier molecular flexibility index (Phi) is 7.40. The molecule has 274 valence electrons. The highest BCUT2D eigenvalue weighted by atomic mass is 32.1. The predicted molar refractivity (Wildman–Crippen MR) is 248 cm³/mol. The standard InChI is InChI=1S/C55H43NS/c1-54(2,3)45-30-32-47(40-20-11-10-19-39(40)45)56(36-27-29-46-44(33-36)41-28-25-35-16-7-9-18-38(35)53(41)55(46,4)5)48-31-26-34-15-6-8-17-37(34)51(48)43-22-14-24-50-52(43)42-21-12-13-23-49(42)57-50/h6-33H,1-5H3. The highest BCUT2D eigenvalue weighted by Gasteiger charge is 2.37. The summed E-state index contributed by atoms with van der Waals surface area (Å²) in [7, 11) is 0. The zero-order chi connectivity index (χ0) is 38.6. The zero-order valence-electron chi connectivity index (χ0n) is 33.0. The molecule has 57 heavy (non-hydrogen) atoms. The lowest BCUT2D eigenvalue weighted by atomic mass is 9.80. The van der Waals surface area contributed by atoms with Crippen molar-refractivity contribution in [2.45, 2.75) is 45.4 Å². The van der Waals surface area contributed by atoms with Crippen molar-refractivity contribution in [2.24, 2.45) is 0 Å². The maximum absolute atomic E-state index is 2.57. The van der Waals surface area contributed by atoms with Gasteiger partial charge in [0.1, 0.15) is 0 Å². The molecule has 1 nitrogen and oxygen atoms in total. The Morgan fingerprint density at radius 1 is 0.474 bits per heavy atom. The summed E-state index contributed by atoms with van der Waals surface area (Å²) in [4.78, 5) is 2.57. The third-order valence-electron chi connectivity index (χ3n) is 12.5. The monoisotopic (exact) mass is 749 g/mol. The Morgan fingerprint density at radius 2 is 1.11 bits per heavy atom. The van der Waals surface area contributed by atoms with Crippen LogP contribution in [-0.4, -0.2) is 0 Å². The first-order valence-corrected chi connectivity index (χ1v) is 20.9. The molecule has 0 saturated heterocycles. The third-order valence-corrected chi connectivity index (χ3v) is 13.7. The smallest absolute Gasteiger partial charge is 0.0546 e. The number of anilines is 3. The van der Waals surface area contributed by atoms with Gasteiger partial charge in [-0.3, -0.25) is 0 Å². The van der Waals surface area contributed by atoms with Crippen molar-refractivity contribution in [1.29, 1.82) is 0 Å². The minimum atomic E-state index is -0.139. The number of rotatable bonds is 4. The number of benzene rings is 9. The molecule has 10 aromatic rings. The van der Waals surface area contributed by atoms with Crippen LogP contribution < -0.4 is 4.90 Å². The molecule has 0 saturated carbocycles. The van der Waals surface area contributed by atoms with Gasteiger partial charge in [-0.15, -0.1) is 11.3 Å². The SMILES string of the molecule is CC(C)(C)c1ccc(N(c2ccc3c(c2)-c2ccc4ccccc4c2C3(C)C)c2ccc3ccccc3c2-c2cccc3sc4ccccc4c23)c2ccccc12. The van der Waals surface area contributed by atoms with Gasteiger partial charge in [0.05, 0.1) is 11.4 Å². The molecular formula is C55H43NS. The minimum absolute atomic E-state index is 0.0155. The van der Waals surface area contributed by atoms with Crippen LogP contribution in [0, 0.1) is 0 Å². The molecule has 0 atom stereocenters. The fourth-order valence-corrected chi connectivity index (χ4v) is 11.1. The zero-order valence-corrected chi connectivity index (χ0v) is 33.8. The van der Waals surface area contributed by atoms with Gasteiger partial charge in [-0.1, -0.05) is 168 Å². The fraction of sp³-hybridized carbons (Fsp3) is 0.127. The average Bonchev–Trinajstić information content (AvgIpc) is 3.72. The Morgan fingerprint density at radius 3 is 1.89 bits per heavy atom. The summed E-state index contributed by atoms with van der Waals surface area (Å²) >= 11 is 1.88. The normalized spacial score (nSPS) is 13.5. The highest BCUT2D eigenvalue weighted by Crippen LogP contribution is 2.55. The molecular weight excluding hydrogens is 707 g/mol. The van der Waals surface area contributed by atoms with E-state index in [-0.39, 0.29) is 10.8 Å². The van der Waals surface area contributed by atoms with Gasteiger partial charge in [-0.2, -0.15) is 0 Å². The highest BCUT2D eigenvalue weighted by molar-refractivity contribution is 7.25. The molecule has 11 rings (SSSR count). The molecule has 1 aliphatic rings. The van der Waals surface area contributed by atoms with E-state index in [9.17, 15) is 0 Å². The van der Waals surface area contributed by atoms with Crippen LogP contribution in [0.3, 0.4) is 0 Å². The van der Waals surface area contributed by atoms with Gasteiger partial charge in [0.2, 0.25) is 0 Å². The lowest BCUT2D eigenvalue weighted by molar-refractivity contribution is 0.596. The largest absolute Gasteiger partial charge is 0.309 e. The topological polar surface area (TPSA) is 3.24 Å². The van der Waals surface area contributed by atoms with Gasteiger partial charge in [-0.25, -0.2) is 0 Å². The fourth-order valence-electron chi connectivity index (χ4n) is 10.00. The van der Waals surface area contributed by atoms with Crippen molar-refractivity contribution in [3.8, 4) is 22.3 Å². The van der Waals surface area contributed by atoms with Crippen molar-refractivity contribution in [3.63, 3.8) is 0 Å².